The first kappa shape index (κ1) is 50.5. The summed E-state index contributed by atoms with van der Waals surface area (Å²) in [6.07, 6.45) is 33.1. The maximum absolute atomic E-state index is 8.97. The molecule has 13 nitrogen and oxygen atoms in total. The Hall–Kier alpha value is -0.665. The Morgan fingerprint density at radius 1 is 0.233 bits per heavy atom. The molecule has 4 aliphatic heterocycles. The van der Waals surface area contributed by atoms with Crippen LogP contribution in [0, 0.1) is 0 Å². The van der Waals surface area contributed by atoms with Crippen LogP contribution in [-0.4, -0.2) is 69.9 Å². The van der Waals surface area contributed by atoms with E-state index in [1.165, 1.54) is 0 Å². The molecule has 4 atom stereocenters. The Labute approximate surface area is 444 Å². The number of rotatable bonds is 10. The molecule has 21 heteroatoms. The molecule has 4 N–H and O–H groups in total. The number of nitrogens with two attached hydrogens (primary N) is 2. The summed E-state index contributed by atoms with van der Waals surface area (Å²) in [5, 5.41) is 2.19. The fraction of sp³-hybridized carbons (Fsp3) is 0.769. The first-order valence-corrected chi connectivity index (χ1v) is 44.7. The van der Waals surface area contributed by atoms with Gasteiger partial charge in [-0.15, -0.1) is 0 Å². The molecule has 0 aromatic heterocycles. The van der Waals surface area contributed by atoms with Gasteiger partial charge in [0.05, 0.1) is 0 Å². The molecule has 4 heterocycles. The zero-order chi connectivity index (χ0) is 49.0. The molecule has 2 aromatic rings. The van der Waals surface area contributed by atoms with Crippen molar-refractivity contribution in [2.45, 2.75) is 250 Å². The van der Waals surface area contributed by atoms with Gasteiger partial charge >= 0.3 is 69.9 Å². The Balaban J connectivity index is 1.13. The van der Waals surface area contributed by atoms with Crippen LogP contribution in [-0.2, 0) is 45.3 Å². The van der Waals surface area contributed by atoms with Crippen LogP contribution in [0.25, 0.3) is 0 Å². The van der Waals surface area contributed by atoms with E-state index in [-0.39, 0.29) is 44.3 Å². The predicted octanol–water partition coefficient (Wildman–Crippen LogP) is 12.3. The molecule has 12 aliphatic rings. The summed E-state index contributed by atoms with van der Waals surface area (Å²) in [4.78, 5) is 0. The second-order valence-corrected chi connectivity index (χ2v) is 51.8. The number of hydrogen-bond acceptors (Lipinski definition) is 13. The van der Waals surface area contributed by atoms with E-state index in [2.05, 4.69) is 48.5 Å². The van der Waals surface area contributed by atoms with Crippen molar-refractivity contribution in [3.63, 3.8) is 0 Å². The summed E-state index contributed by atoms with van der Waals surface area (Å²) in [5.74, 6) is 0. The normalized spacial score (nSPS) is 43.0. The second-order valence-electron chi connectivity index (χ2n) is 25.2. The molecule has 400 valence electrons. The van der Waals surface area contributed by atoms with E-state index >= 15 is 0 Å². The maximum atomic E-state index is 8.97. The number of fused-ring (bicyclic) bond motifs is 4. The van der Waals surface area contributed by atoms with E-state index in [0.29, 0.717) is 0 Å². The summed E-state index contributed by atoms with van der Waals surface area (Å²) >= 11 is 0. The predicted molar refractivity (Wildman–Crippen MR) is 297 cm³/mol. The second kappa shape index (κ2) is 19.6. The van der Waals surface area contributed by atoms with Crippen molar-refractivity contribution >= 4 is 91.7 Å². The van der Waals surface area contributed by atoms with Crippen LogP contribution in [0.3, 0.4) is 0 Å². The van der Waals surface area contributed by atoms with Gasteiger partial charge in [-0.3, -0.25) is 0 Å². The molecule has 12 fully saturated rings. The lowest BCUT2D eigenvalue weighted by molar-refractivity contribution is -0.00948. The van der Waals surface area contributed by atoms with Crippen molar-refractivity contribution in [3.8, 4) is 0 Å². The molecule has 14 rings (SSSR count). The van der Waals surface area contributed by atoms with Crippen LogP contribution in [0.2, 0.25) is 44.3 Å². The Kier molecular flexibility index (Phi) is 13.5. The van der Waals surface area contributed by atoms with Crippen molar-refractivity contribution in [3.05, 3.63) is 48.5 Å². The number of benzene rings is 2. The molecule has 0 radical (unpaired) electrons. The third-order valence-electron chi connectivity index (χ3n) is 20.7. The minimum atomic E-state index is -4.16. The fourth-order valence-corrected chi connectivity index (χ4v) is 73.4. The molecule has 0 spiro atoms. The van der Waals surface area contributed by atoms with Crippen LogP contribution >= 0.6 is 0 Å². The van der Waals surface area contributed by atoms with Crippen LogP contribution in [0.5, 0.6) is 0 Å². The number of nitrogen functional groups attached to an aromatic ring is 2. The molecule has 2 aromatic carbocycles. The molecule has 6 bridgehead atoms. The van der Waals surface area contributed by atoms with Gasteiger partial charge in [-0.2, -0.15) is 0 Å². The highest BCUT2D eigenvalue weighted by atomic mass is 28.6. The highest BCUT2D eigenvalue weighted by Gasteiger charge is 2.86. The molecular formula is C52H84N2O11Si8. The van der Waals surface area contributed by atoms with Gasteiger partial charge in [-0.1, -0.05) is 127 Å². The summed E-state index contributed by atoms with van der Waals surface area (Å²) in [6, 6.07) is 17.3. The van der Waals surface area contributed by atoms with Gasteiger partial charge in [0.25, 0.3) is 0 Å². The van der Waals surface area contributed by atoms with E-state index in [4.69, 9.17) is 56.7 Å². The lowest BCUT2D eigenvalue weighted by atomic mass is 10.3. The summed E-state index contributed by atoms with van der Waals surface area (Å²) in [5.41, 5.74) is 15.1. The van der Waals surface area contributed by atoms with Gasteiger partial charge in [0, 0.05) is 55.7 Å². The molecule has 4 saturated heterocycles. The highest BCUT2D eigenvalue weighted by Crippen LogP contribution is 2.65. The van der Waals surface area contributed by atoms with E-state index in [9.17, 15) is 0 Å². The summed E-state index contributed by atoms with van der Waals surface area (Å²) < 4.78 is 98.0. The summed E-state index contributed by atoms with van der Waals surface area (Å²) in [7, 11) is -32.3. The van der Waals surface area contributed by atoms with Crippen LogP contribution in [0.1, 0.15) is 205 Å². The lowest BCUT2D eigenvalue weighted by Crippen LogP contribution is -2.89. The zero-order valence-corrected chi connectivity index (χ0v) is 51.5. The van der Waals surface area contributed by atoms with E-state index in [1.54, 1.807) is 0 Å². The number of anilines is 2. The molecular weight excluding hydrogens is 1050 g/mol. The molecule has 0 amide bonds. The smallest absolute Gasteiger partial charge is 0.399 e. The molecule has 4 unspecified atom stereocenters. The van der Waals surface area contributed by atoms with E-state index in [1.807, 2.05) is 0 Å². The van der Waals surface area contributed by atoms with Crippen LogP contribution < -0.4 is 21.8 Å². The van der Waals surface area contributed by atoms with Gasteiger partial charge in [0.1, 0.15) is 0 Å². The van der Waals surface area contributed by atoms with Gasteiger partial charge < -0.3 is 56.7 Å². The fourth-order valence-electron chi connectivity index (χ4n) is 16.9. The minimum Gasteiger partial charge on any atom is -0.399 e. The quantitative estimate of drug-likeness (QED) is 0.172. The first-order chi connectivity index (χ1) is 35.6. The first-order valence-electron chi connectivity index (χ1n) is 30.1. The van der Waals surface area contributed by atoms with Crippen molar-refractivity contribution in [1.29, 1.82) is 0 Å². The average Bonchev–Trinajstić information content (AvgIpc) is 4.22. The van der Waals surface area contributed by atoms with Gasteiger partial charge in [0.2, 0.25) is 0 Å². The molecule has 8 saturated carbocycles. The SMILES string of the molecule is Nc1ccc([Si]2(C3CCCC3)O[Si]3(C4CCCC4)O[Si]4(C5CCCC5)O[Si]5(C6CCCC6)O[Si](C6CCCC6)(O3)O[Si](c3ccc(N)cc3)(C3CCCC3)O[Si](C3CCCC3)(O5)O[Si](C3CCCC3)(O4)O2)cc1. The monoisotopic (exact) mass is 1140 g/mol. The summed E-state index contributed by atoms with van der Waals surface area (Å²) in [6.45, 7) is 0. The molecule has 8 aliphatic carbocycles. The van der Waals surface area contributed by atoms with Crippen molar-refractivity contribution < 1.29 is 45.3 Å². The maximum Gasteiger partial charge on any atom is 0.482 e. The Bertz CT molecular complexity index is 2060. The van der Waals surface area contributed by atoms with E-state index in [0.717, 1.165) is 227 Å². The third kappa shape index (κ3) is 8.46. The number of hydrogen-bond donors (Lipinski definition) is 2. The third-order valence-corrected chi connectivity index (χ3v) is 61.1. The topological polar surface area (TPSA) is 154 Å². The molecule has 73 heavy (non-hydrogen) atoms. The lowest BCUT2D eigenvalue weighted by Gasteiger charge is -2.65. The highest BCUT2D eigenvalue weighted by molar-refractivity contribution is 7.06. The van der Waals surface area contributed by atoms with Crippen LogP contribution in [0.4, 0.5) is 11.4 Å². The van der Waals surface area contributed by atoms with Crippen molar-refractivity contribution in [1.82, 2.24) is 0 Å². The van der Waals surface area contributed by atoms with Gasteiger partial charge in [-0.05, 0) is 137 Å². The Morgan fingerprint density at radius 2 is 0.397 bits per heavy atom. The zero-order valence-electron chi connectivity index (χ0n) is 43.5. The average molecular weight is 1140 g/mol. The van der Waals surface area contributed by atoms with E-state index < -0.39 is 69.9 Å². The van der Waals surface area contributed by atoms with Gasteiger partial charge in [0.15, 0.2) is 0 Å². The Morgan fingerprint density at radius 3 is 0.589 bits per heavy atom. The largest absolute Gasteiger partial charge is 0.482 e. The van der Waals surface area contributed by atoms with Crippen molar-refractivity contribution in [2.75, 3.05) is 11.5 Å². The van der Waals surface area contributed by atoms with Crippen LogP contribution in [0.15, 0.2) is 48.5 Å². The van der Waals surface area contributed by atoms with Crippen molar-refractivity contribution in [2.24, 2.45) is 0 Å². The standard InChI is InChI=1S/C52H84N2O11Si8/c53-41-33-37-45(38-34-41)66(43-17-1-2-18-43)55-68(47-21-5-6-22-47)59-70(49-25-9-10-26-49)57-67(44-19-3-4-20-44,46-39-35-42(54)36-40-46)58-71(50-27-11-12-28-50)60-69(56-66,48-23-7-8-24-48)62-72(61-68,51-29-13-14-30-51)65-73(63-70,64-71)52-31-15-16-32-52/h33-40,43-44,47-52H,1-32,53-54H2. The van der Waals surface area contributed by atoms with Gasteiger partial charge in [-0.25, -0.2) is 0 Å². The minimum absolute atomic E-state index is 0.0000666.